The lowest BCUT2D eigenvalue weighted by Crippen LogP contribution is -2.48. The van der Waals surface area contributed by atoms with Crippen molar-refractivity contribution in [2.24, 2.45) is 17.8 Å². The number of nitrogens with one attached hydrogen (secondary N) is 1. The van der Waals surface area contributed by atoms with Gasteiger partial charge in [0.05, 0.1) is 28.4 Å². The normalized spacial score (nSPS) is 30.9. The molecule has 0 amide bonds. The number of likely N-dealkylation sites (N-methyl/N-ethyl adjacent to an activating group) is 1. The Hall–Kier alpha value is -1.48. The number of rotatable bonds is 6. The molecule has 0 radical (unpaired) electrons. The van der Waals surface area contributed by atoms with Gasteiger partial charge in [0.15, 0.2) is 0 Å². The van der Waals surface area contributed by atoms with Gasteiger partial charge in [-0.25, -0.2) is 13.4 Å². The summed E-state index contributed by atoms with van der Waals surface area (Å²) in [4.78, 5) is 9.80. The zero-order chi connectivity index (χ0) is 20.2. The van der Waals surface area contributed by atoms with Gasteiger partial charge in [-0.05, 0) is 75.7 Å². The van der Waals surface area contributed by atoms with E-state index in [9.17, 15) is 8.42 Å². The van der Waals surface area contributed by atoms with Crippen LogP contribution < -0.4 is 0 Å². The molecule has 1 aliphatic heterocycles. The van der Waals surface area contributed by atoms with Crippen molar-refractivity contribution in [2.75, 3.05) is 33.8 Å². The number of imidazole rings is 1. The van der Waals surface area contributed by atoms with Crippen LogP contribution in [0.1, 0.15) is 25.7 Å². The molecular weight excluding hydrogens is 388 g/mol. The molecule has 2 saturated carbocycles. The monoisotopic (exact) mass is 418 g/mol. The Labute approximate surface area is 172 Å². The SMILES string of the molecule is CN(C)[C@@H]1C[C@@H]2CN(S(=O)(=O)c3ccc4nc[nH]c4c3)C[C@@H]2C[C@H]1OCC1CC1. The third-order valence-electron chi connectivity index (χ3n) is 6.99. The number of ether oxygens (including phenoxy) is 1. The highest BCUT2D eigenvalue weighted by molar-refractivity contribution is 7.89. The number of nitrogens with zero attached hydrogens (tertiary/aromatic N) is 3. The molecule has 1 N–H and O–H groups in total. The fourth-order valence-corrected chi connectivity index (χ4v) is 6.61. The molecule has 3 fully saturated rings. The molecule has 1 aromatic heterocycles. The topological polar surface area (TPSA) is 78.5 Å². The number of sulfonamides is 1. The molecule has 29 heavy (non-hydrogen) atoms. The molecule has 0 unspecified atom stereocenters. The number of hydrogen-bond donors (Lipinski definition) is 1. The molecule has 2 aliphatic carbocycles. The molecule has 2 aromatic rings. The first-order valence-corrected chi connectivity index (χ1v) is 12.1. The number of aromatic nitrogens is 2. The van der Waals surface area contributed by atoms with Crippen molar-refractivity contribution in [1.82, 2.24) is 19.2 Å². The maximum absolute atomic E-state index is 13.3. The van der Waals surface area contributed by atoms with E-state index < -0.39 is 10.0 Å². The average Bonchev–Trinajstić information content (AvgIpc) is 3.23. The van der Waals surface area contributed by atoms with Crippen LogP contribution >= 0.6 is 0 Å². The summed E-state index contributed by atoms with van der Waals surface area (Å²) in [5, 5.41) is 0. The van der Waals surface area contributed by atoms with Gasteiger partial charge in [-0.1, -0.05) is 0 Å². The van der Waals surface area contributed by atoms with Crippen molar-refractivity contribution in [3.8, 4) is 0 Å². The van der Waals surface area contributed by atoms with Crippen LogP contribution in [0.25, 0.3) is 11.0 Å². The van der Waals surface area contributed by atoms with Gasteiger partial charge in [0.2, 0.25) is 10.0 Å². The lowest BCUT2D eigenvalue weighted by Gasteiger charge is -2.41. The summed E-state index contributed by atoms with van der Waals surface area (Å²) >= 11 is 0. The number of H-pyrrole nitrogens is 1. The van der Waals surface area contributed by atoms with E-state index in [4.69, 9.17) is 4.74 Å². The van der Waals surface area contributed by atoms with E-state index in [2.05, 4.69) is 29.0 Å². The summed E-state index contributed by atoms with van der Waals surface area (Å²) in [6, 6.07) is 5.50. The third kappa shape index (κ3) is 3.71. The van der Waals surface area contributed by atoms with Gasteiger partial charge < -0.3 is 14.6 Å². The molecule has 0 bridgehead atoms. The largest absolute Gasteiger partial charge is 0.376 e. The van der Waals surface area contributed by atoms with Crippen LogP contribution in [0.3, 0.4) is 0 Å². The predicted octanol–water partition coefficient (Wildman–Crippen LogP) is 2.32. The Kier molecular flexibility index (Phi) is 4.93. The Morgan fingerprint density at radius 2 is 1.97 bits per heavy atom. The molecule has 7 nitrogen and oxygen atoms in total. The van der Waals surface area contributed by atoms with Crippen LogP contribution in [0.4, 0.5) is 0 Å². The Morgan fingerprint density at radius 1 is 1.21 bits per heavy atom. The summed E-state index contributed by atoms with van der Waals surface area (Å²) in [7, 11) is 0.719. The number of aromatic amines is 1. The molecule has 2 heterocycles. The van der Waals surface area contributed by atoms with Crippen molar-refractivity contribution in [3.63, 3.8) is 0 Å². The Bertz CT molecular complexity index is 985. The van der Waals surface area contributed by atoms with Gasteiger partial charge in [0, 0.05) is 25.7 Å². The molecule has 0 spiro atoms. The van der Waals surface area contributed by atoms with Crippen LogP contribution in [0.15, 0.2) is 29.4 Å². The van der Waals surface area contributed by atoms with Crippen LogP contribution in [0.2, 0.25) is 0 Å². The second kappa shape index (κ2) is 7.34. The summed E-state index contributed by atoms with van der Waals surface area (Å²) in [5.74, 6) is 1.52. The zero-order valence-electron chi connectivity index (χ0n) is 17.1. The van der Waals surface area contributed by atoms with Gasteiger partial charge in [-0.15, -0.1) is 0 Å². The standard InChI is InChI=1S/C21H30N4O3S/c1-24(2)20-7-15-10-25(11-16(15)8-21(20)28-12-14-3-4-14)29(26,27)17-5-6-18-19(9-17)23-13-22-18/h5-6,9,13-16,20-21H,3-4,7-8,10-12H2,1-2H3,(H,22,23)/t15-,16+,20-,21-/m1/s1. The zero-order valence-corrected chi connectivity index (χ0v) is 17.9. The van der Waals surface area contributed by atoms with Crippen molar-refractivity contribution >= 4 is 21.1 Å². The first-order chi connectivity index (χ1) is 13.9. The summed E-state index contributed by atoms with van der Waals surface area (Å²) < 4.78 is 34.6. The van der Waals surface area contributed by atoms with Crippen molar-refractivity contribution in [2.45, 2.75) is 42.7 Å². The highest BCUT2D eigenvalue weighted by atomic mass is 32.2. The molecule has 3 aliphatic rings. The summed E-state index contributed by atoms with van der Waals surface area (Å²) in [6.07, 6.45) is 6.32. The predicted molar refractivity (Wildman–Crippen MR) is 111 cm³/mol. The van der Waals surface area contributed by atoms with Gasteiger partial charge in [0.25, 0.3) is 0 Å². The van der Waals surface area contributed by atoms with Crippen LogP contribution in [-0.2, 0) is 14.8 Å². The molecule has 5 rings (SSSR count). The average molecular weight is 419 g/mol. The van der Waals surface area contributed by atoms with E-state index in [0.29, 0.717) is 35.9 Å². The van der Waals surface area contributed by atoms with E-state index >= 15 is 0 Å². The summed E-state index contributed by atoms with van der Waals surface area (Å²) in [5.41, 5.74) is 1.53. The van der Waals surface area contributed by atoms with E-state index in [-0.39, 0.29) is 6.10 Å². The fourth-order valence-electron chi connectivity index (χ4n) is 5.03. The minimum atomic E-state index is -3.51. The first-order valence-electron chi connectivity index (χ1n) is 10.6. The van der Waals surface area contributed by atoms with E-state index in [0.717, 1.165) is 36.4 Å². The molecule has 158 valence electrons. The Balaban J connectivity index is 1.33. The maximum Gasteiger partial charge on any atom is 0.243 e. The fraction of sp³-hybridized carbons (Fsp3) is 0.667. The number of hydrogen-bond acceptors (Lipinski definition) is 5. The van der Waals surface area contributed by atoms with Gasteiger partial charge >= 0.3 is 0 Å². The Morgan fingerprint density at radius 3 is 2.69 bits per heavy atom. The lowest BCUT2D eigenvalue weighted by molar-refractivity contribution is -0.0493. The second-order valence-electron chi connectivity index (χ2n) is 9.24. The van der Waals surface area contributed by atoms with Crippen molar-refractivity contribution < 1.29 is 13.2 Å². The minimum Gasteiger partial charge on any atom is -0.376 e. The van der Waals surface area contributed by atoms with Crippen molar-refractivity contribution in [3.05, 3.63) is 24.5 Å². The quantitative estimate of drug-likeness (QED) is 0.779. The summed E-state index contributed by atoms with van der Waals surface area (Å²) in [6.45, 7) is 2.06. The maximum atomic E-state index is 13.3. The second-order valence-corrected chi connectivity index (χ2v) is 11.2. The molecule has 1 aromatic carbocycles. The van der Waals surface area contributed by atoms with E-state index in [1.54, 1.807) is 28.8 Å². The molecule has 4 atom stereocenters. The smallest absolute Gasteiger partial charge is 0.243 e. The number of fused-ring (bicyclic) bond motifs is 2. The van der Waals surface area contributed by atoms with Gasteiger partial charge in [-0.3, -0.25) is 0 Å². The van der Waals surface area contributed by atoms with Crippen LogP contribution in [-0.4, -0.2) is 73.5 Å². The third-order valence-corrected chi connectivity index (χ3v) is 8.81. The van der Waals surface area contributed by atoms with Gasteiger partial charge in [-0.2, -0.15) is 4.31 Å². The highest BCUT2D eigenvalue weighted by Gasteiger charge is 2.46. The highest BCUT2D eigenvalue weighted by Crippen LogP contribution is 2.41. The first kappa shape index (κ1) is 19.5. The van der Waals surface area contributed by atoms with Crippen LogP contribution in [0, 0.1) is 17.8 Å². The lowest BCUT2D eigenvalue weighted by atomic mass is 9.77. The van der Waals surface area contributed by atoms with Crippen molar-refractivity contribution in [1.29, 1.82) is 0 Å². The molecular formula is C21H30N4O3S. The molecule has 8 heteroatoms. The van der Waals surface area contributed by atoms with E-state index in [1.807, 2.05) is 0 Å². The van der Waals surface area contributed by atoms with E-state index in [1.165, 1.54) is 12.8 Å². The van der Waals surface area contributed by atoms with Gasteiger partial charge in [0.1, 0.15) is 0 Å². The minimum absolute atomic E-state index is 0.204. The van der Waals surface area contributed by atoms with Crippen LogP contribution in [0.5, 0.6) is 0 Å². The molecule has 1 saturated heterocycles. The number of benzene rings is 1.